The van der Waals surface area contributed by atoms with Crippen molar-refractivity contribution in [2.45, 2.75) is 46.2 Å². The SMILES string of the molecule is COC(=O)Nc1ncc(-c2cn(-c3cc(CC(=O)c4cc(CCC(C)C)cc(C(F)(F)F)c4)ccc3C)nn2)s1. The molecule has 210 valence electrons. The molecule has 12 heteroatoms. The van der Waals surface area contributed by atoms with E-state index in [2.05, 4.69) is 25.3 Å². The highest BCUT2D eigenvalue weighted by molar-refractivity contribution is 7.19. The van der Waals surface area contributed by atoms with Crippen LogP contribution < -0.4 is 5.32 Å². The first-order valence-electron chi connectivity index (χ1n) is 12.5. The number of ketones is 1. The van der Waals surface area contributed by atoms with Gasteiger partial charge in [0.05, 0.1) is 29.4 Å². The van der Waals surface area contributed by atoms with Crippen LogP contribution in [-0.2, 0) is 23.8 Å². The number of carbonyl (C=O) groups excluding carboxylic acids is 2. The molecule has 0 bridgehead atoms. The first-order valence-corrected chi connectivity index (χ1v) is 13.3. The highest BCUT2D eigenvalue weighted by atomic mass is 32.1. The Labute approximate surface area is 233 Å². The minimum Gasteiger partial charge on any atom is -0.453 e. The van der Waals surface area contributed by atoms with E-state index in [1.54, 1.807) is 35.3 Å². The van der Waals surface area contributed by atoms with Crippen LogP contribution in [0.25, 0.3) is 16.3 Å². The first-order chi connectivity index (χ1) is 18.9. The van der Waals surface area contributed by atoms with Crippen molar-refractivity contribution in [3.8, 4) is 16.3 Å². The second-order valence-corrected chi connectivity index (χ2v) is 10.8. The smallest absolute Gasteiger partial charge is 0.416 e. The zero-order chi connectivity index (χ0) is 29.0. The van der Waals surface area contributed by atoms with Crippen LogP contribution in [0.1, 0.15) is 52.9 Å². The zero-order valence-corrected chi connectivity index (χ0v) is 23.2. The fourth-order valence-corrected chi connectivity index (χ4v) is 4.75. The average molecular weight is 572 g/mol. The Hall–Kier alpha value is -4.06. The Morgan fingerprint density at radius 1 is 1.12 bits per heavy atom. The third-order valence-electron chi connectivity index (χ3n) is 6.18. The number of thiazole rings is 1. The van der Waals surface area contributed by atoms with Crippen LogP contribution in [-0.4, -0.2) is 39.0 Å². The molecule has 0 unspecified atom stereocenters. The molecule has 2 aromatic heterocycles. The van der Waals surface area contributed by atoms with Crippen LogP contribution >= 0.6 is 11.3 Å². The highest BCUT2D eigenvalue weighted by Gasteiger charge is 2.31. The molecule has 0 saturated carbocycles. The molecule has 4 rings (SSSR count). The highest BCUT2D eigenvalue weighted by Crippen LogP contribution is 2.32. The summed E-state index contributed by atoms with van der Waals surface area (Å²) in [6.07, 6.45) is -0.820. The van der Waals surface area contributed by atoms with Crippen LogP contribution in [0.5, 0.6) is 0 Å². The summed E-state index contributed by atoms with van der Waals surface area (Å²) in [6.45, 7) is 5.88. The number of benzene rings is 2. The predicted molar refractivity (Wildman–Crippen MR) is 146 cm³/mol. The van der Waals surface area contributed by atoms with E-state index in [1.807, 2.05) is 26.8 Å². The van der Waals surface area contributed by atoms with Gasteiger partial charge in [0.25, 0.3) is 0 Å². The van der Waals surface area contributed by atoms with E-state index >= 15 is 0 Å². The van der Waals surface area contributed by atoms with Crippen molar-refractivity contribution in [3.63, 3.8) is 0 Å². The second kappa shape index (κ2) is 12.0. The number of nitrogens with zero attached hydrogens (tertiary/aromatic N) is 4. The Morgan fingerprint density at radius 2 is 1.90 bits per heavy atom. The molecule has 2 heterocycles. The van der Waals surface area contributed by atoms with E-state index in [9.17, 15) is 22.8 Å². The van der Waals surface area contributed by atoms with Crippen molar-refractivity contribution in [2.24, 2.45) is 5.92 Å². The van der Waals surface area contributed by atoms with Crippen molar-refractivity contribution in [1.29, 1.82) is 0 Å². The fraction of sp³-hybridized carbons (Fsp3) is 0.321. The minimum atomic E-state index is -4.54. The maximum Gasteiger partial charge on any atom is 0.416 e. The van der Waals surface area contributed by atoms with Gasteiger partial charge in [-0.2, -0.15) is 13.2 Å². The number of hydrogen-bond donors (Lipinski definition) is 1. The second-order valence-electron chi connectivity index (χ2n) is 9.76. The average Bonchev–Trinajstić information content (AvgIpc) is 3.57. The lowest BCUT2D eigenvalue weighted by Crippen LogP contribution is -2.11. The molecule has 4 aromatic rings. The Kier molecular flexibility index (Phi) is 8.67. The first kappa shape index (κ1) is 28.9. The van der Waals surface area contributed by atoms with Crippen molar-refractivity contribution in [3.05, 3.63) is 76.6 Å². The van der Waals surface area contributed by atoms with Crippen molar-refractivity contribution >= 4 is 28.3 Å². The lowest BCUT2D eigenvalue weighted by atomic mass is 9.95. The number of aromatic nitrogens is 4. The third-order valence-corrected chi connectivity index (χ3v) is 7.12. The van der Waals surface area contributed by atoms with Gasteiger partial charge >= 0.3 is 12.3 Å². The molecule has 1 N–H and O–H groups in total. The Bertz CT molecular complexity index is 1530. The summed E-state index contributed by atoms with van der Waals surface area (Å²) in [7, 11) is 1.25. The fourth-order valence-electron chi connectivity index (χ4n) is 4.00. The third kappa shape index (κ3) is 7.12. The summed E-state index contributed by atoms with van der Waals surface area (Å²) in [5.74, 6) is -0.0760. The molecular weight excluding hydrogens is 543 g/mol. The van der Waals surface area contributed by atoms with Gasteiger partial charge in [0.15, 0.2) is 10.9 Å². The monoisotopic (exact) mass is 571 g/mol. The predicted octanol–water partition coefficient (Wildman–Crippen LogP) is 6.91. The van der Waals surface area contributed by atoms with Crippen LogP contribution in [0, 0.1) is 12.8 Å². The number of alkyl halides is 3. The molecule has 0 aliphatic rings. The van der Waals surface area contributed by atoms with Gasteiger partial charge in [0, 0.05) is 18.2 Å². The van der Waals surface area contributed by atoms with Crippen molar-refractivity contribution < 1.29 is 27.5 Å². The summed E-state index contributed by atoms with van der Waals surface area (Å²) < 4.78 is 46.8. The van der Waals surface area contributed by atoms with E-state index in [-0.39, 0.29) is 12.0 Å². The summed E-state index contributed by atoms with van der Waals surface area (Å²) in [4.78, 5) is 29.4. The number of Topliss-reactive ketones (excluding diaryl/α,β-unsaturated/α-hetero) is 1. The van der Waals surface area contributed by atoms with Gasteiger partial charge in [-0.15, -0.1) is 5.10 Å². The van der Waals surface area contributed by atoms with E-state index < -0.39 is 23.6 Å². The molecule has 0 fully saturated rings. The quantitative estimate of drug-likeness (QED) is 0.219. The molecule has 0 atom stereocenters. The number of ether oxygens (including phenoxy) is 1. The van der Waals surface area contributed by atoms with Gasteiger partial charge in [0.2, 0.25) is 0 Å². The number of hydrogen-bond acceptors (Lipinski definition) is 7. The molecular formula is C28H28F3N5O3S. The van der Waals surface area contributed by atoms with Gasteiger partial charge in [-0.05, 0) is 66.6 Å². The largest absolute Gasteiger partial charge is 0.453 e. The van der Waals surface area contributed by atoms with Gasteiger partial charge in [-0.25, -0.2) is 14.5 Å². The molecule has 8 nitrogen and oxygen atoms in total. The topological polar surface area (TPSA) is 99.0 Å². The number of carbonyl (C=O) groups is 2. The summed E-state index contributed by atoms with van der Waals surface area (Å²) in [5, 5.41) is 11.2. The van der Waals surface area contributed by atoms with Gasteiger partial charge in [-0.1, -0.05) is 42.5 Å². The molecule has 1 amide bonds. The number of rotatable bonds is 9. The van der Waals surface area contributed by atoms with Crippen LogP contribution in [0.4, 0.5) is 23.1 Å². The van der Waals surface area contributed by atoms with Crippen molar-refractivity contribution in [2.75, 3.05) is 12.4 Å². The number of aryl methyl sites for hydroxylation is 2. The molecule has 0 spiro atoms. The molecule has 0 saturated heterocycles. The Morgan fingerprint density at radius 3 is 2.60 bits per heavy atom. The van der Waals surface area contributed by atoms with Gasteiger partial charge in [0.1, 0.15) is 5.69 Å². The van der Waals surface area contributed by atoms with Crippen LogP contribution in [0.15, 0.2) is 48.8 Å². The Balaban J connectivity index is 1.56. The lowest BCUT2D eigenvalue weighted by Gasteiger charge is -2.13. The summed E-state index contributed by atoms with van der Waals surface area (Å²) >= 11 is 1.20. The number of methoxy groups -OCH3 is 1. The molecule has 0 aliphatic heterocycles. The normalized spacial score (nSPS) is 11.6. The maximum atomic E-state index is 13.6. The lowest BCUT2D eigenvalue weighted by molar-refractivity contribution is -0.137. The zero-order valence-electron chi connectivity index (χ0n) is 22.4. The standard InChI is InChI=1S/C28H28F3N5O3S/c1-16(2)5-7-18-9-20(13-21(10-18)28(29,30)31)24(37)12-19-8-6-17(3)23(11-19)36-15-22(34-35-36)25-14-32-26(40-25)33-27(38)39-4/h6,8-11,13-16H,5,7,12H2,1-4H3,(H,32,33,38). The number of amides is 1. The molecule has 0 aliphatic carbocycles. The van der Waals surface area contributed by atoms with E-state index in [0.29, 0.717) is 44.9 Å². The number of anilines is 1. The maximum absolute atomic E-state index is 13.6. The van der Waals surface area contributed by atoms with Gasteiger partial charge in [-0.3, -0.25) is 10.1 Å². The minimum absolute atomic E-state index is 0.0420. The van der Waals surface area contributed by atoms with Crippen molar-refractivity contribution in [1.82, 2.24) is 20.0 Å². The number of halogens is 3. The van der Waals surface area contributed by atoms with Crippen LogP contribution in [0.2, 0.25) is 0 Å². The van der Waals surface area contributed by atoms with Crippen LogP contribution in [0.3, 0.4) is 0 Å². The summed E-state index contributed by atoms with van der Waals surface area (Å²) in [5.41, 5.74) is 2.41. The molecule has 0 radical (unpaired) electrons. The summed E-state index contributed by atoms with van der Waals surface area (Å²) in [6, 6.07) is 8.99. The van der Waals surface area contributed by atoms with E-state index in [4.69, 9.17) is 0 Å². The number of nitrogens with one attached hydrogen (secondary N) is 1. The molecule has 40 heavy (non-hydrogen) atoms. The van der Waals surface area contributed by atoms with E-state index in [1.165, 1.54) is 18.4 Å². The van der Waals surface area contributed by atoms with Gasteiger partial charge < -0.3 is 4.74 Å². The van der Waals surface area contributed by atoms with E-state index in [0.717, 1.165) is 24.1 Å². The molecule has 2 aromatic carbocycles.